The van der Waals surface area contributed by atoms with Gasteiger partial charge in [-0.2, -0.15) is 9.97 Å². The van der Waals surface area contributed by atoms with Gasteiger partial charge in [0.05, 0.1) is 6.33 Å². The number of nitrogens with one attached hydrogen (secondary N) is 3. The van der Waals surface area contributed by atoms with Crippen LogP contribution in [-0.4, -0.2) is 61.9 Å². The van der Waals surface area contributed by atoms with Crippen LogP contribution in [0.2, 0.25) is 5.02 Å². The van der Waals surface area contributed by atoms with Crippen LogP contribution in [0.1, 0.15) is 70.3 Å². The zero-order valence-corrected chi connectivity index (χ0v) is 25.9. The van der Waals surface area contributed by atoms with Gasteiger partial charge >= 0.3 is 6.09 Å². The standard InChI is InChI=1S/C28H38ClN9O2.2ClH/c29-18-4-3-5-22(16-18)34-28(39)40-37-14-12-21(13-15-37)32-25-24-26(38(17-31-24)23-6-1-2-7-23)36-27(35-25)33-20-10-8-19(30)9-11-20;;/h3-5,16-17,19-21,23H,1-2,6-15,30H2,(H,34,39)(H2,32,33,35,36);2*1H. The maximum absolute atomic E-state index is 12.4. The van der Waals surface area contributed by atoms with Crippen molar-refractivity contribution in [3.8, 4) is 0 Å². The van der Waals surface area contributed by atoms with Crippen molar-refractivity contribution < 1.29 is 9.63 Å². The highest BCUT2D eigenvalue weighted by Gasteiger charge is 2.27. The summed E-state index contributed by atoms with van der Waals surface area (Å²) in [4.78, 5) is 32.5. The molecule has 2 aromatic heterocycles. The van der Waals surface area contributed by atoms with Gasteiger partial charge in [-0.05, 0) is 69.6 Å². The lowest BCUT2D eigenvalue weighted by molar-refractivity contribution is -0.106. The number of fused-ring (bicyclic) bond motifs is 1. The van der Waals surface area contributed by atoms with Crippen molar-refractivity contribution >= 4 is 71.1 Å². The van der Waals surface area contributed by atoms with Crippen LogP contribution in [0.25, 0.3) is 11.2 Å². The lowest BCUT2D eigenvalue weighted by Gasteiger charge is -2.31. The smallest absolute Gasteiger partial charge is 0.365 e. The number of carbonyl (C=O) groups is 1. The summed E-state index contributed by atoms with van der Waals surface area (Å²) in [7, 11) is 0. The molecule has 1 aliphatic heterocycles. The van der Waals surface area contributed by atoms with E-state index in [1.807, 2.05) is 6.33 Å². The average Bonchev–Trinajstić information content (AvgIpc) is 3.61. The van der Waals surface area contributed by atoms with Crippen LogP contribution in [0.3, 0.4) is 0 Å². The summed E-state index contributed by atoms with van der Waals surface area (Å²) in [6.45, 7) is 1.22. The zero-order valence-electron chi connectivity index (χ0n) is 23.5. The molecular weight excluding hydrogens is 601 g/mol. The first kappa shape index (κ1) is 32.3. The molecule has 3 heterocycles. The predicted octanol–water partition coefficient (Wildman–Crippen LogP) is 6.16. The van der Waals surface area contributed by atoms with E-state index in [4.69, 9.17) is 37.1 Å². The van der Waals surface area contributed by atoms with Crippen molar-refractivity contribution in [1.82, 2.24) is 24.6 Å². The van der Waals surface area contributed by atoms with E-state index in [2.05, 4.69) is 20.5 Å². The predicted molar refractivity (Wildman–Crippen MR) is 171 cm³/mol. The molecule has 11 nitrogen and oxygen atoms in total. The van der Waals surface area contributed by atoms with Crippen LogP contribution in [0.5, 0.6) is 0 Å². The molecule has 1 amide bonds. The number of amides is 1. The van der Waals surface area contributed by atoms with Gasteiger partial charge in [0.25, 0.3) is 0 Å². The summed E-state index contributed by atoms with van der Waals surface area (Å²) in [5.41, 5.74) is 8.42. The summed E-state index contributed by atoms with van der Waals surface area (Å²) in [5.74, 6) is 1.41. The van der Waals surface area contributed by atoms with Crippen molar-refractivity contribution in [3.05, 3.63) is 35.6 Å². The lowest BCUT2D eigenvalue weighted by atomic mass is 9.92. The van der Waals surface area contributed by atoms with E-state index in [1.165, 1.54) is 12.8 Å². The van der Waals surface area contributed by atoms with E-state index in [0.717, 1.165) is 68.3 Å². The molecule has 0 atom stereocenters. The molecule has 2 saturated carbocycles. The fourth-order valence-electron chi connectivity index (χ4n) is 6.09. The van der Waals surface area contributed by atoms with Crippen LogP contribution in [0.15, 0.2) is 30.6 Å². The number of nitrogens with zero attached hydrogens (tertiary/aromatic N) is 5. The maximum Gasteiger partial charge on any atom is 0.430 e. The molecule has 3 fully saturated rings. The first-order valence-corrected chi connectivity index (χ1v) is 14.9. The molecule has 6 rings (SSSR count). The summed E-state index contributed by atoms with van der Waals surface area (Å²) < 4.78 is 2.24. The Balaban J connectivity index is 0.00000202. The van der Waals surface area contributed by atoms with Gasteiger partial charge in [0.1, 0.15) is 0 Å². The van der Waals surface area contributed by atoms with E-state index >= 15 is 0 Å². The second kappa shape index (κ2) is 14.7. The minimum absolute atomic E-state index is 0. The third-order valence-corrected chi connectivity index (χ3v) is 8.56. The summed E-state index contributed by atoms with van der Waals surface area (Å²) in [5, 5.41) is 12.2. The van der Waals surface area contributed by atoms with Gasteiger partial charge in [0.2, 0.25) is 5.95 Å². The number of rotatable bonds is 7. The molecule has 0 bridgehead atoms. The number of anilines is 3. The second-order valence-electron chi connectivity index (χ2n) is 11.3. The van der Waals surface area contributed by atoms with Gasteiger partial charge in [0, 0.05) is 48.0 Å². The monoisotopic (exact) mass is 639 g/mol. The third-order valence-electron chi connectivity index (χ3n) is 8.32. The Hall–Kier alpha value is -2.57. The molecule has 1 aromatic carbocycles. The quantitative estimate of drug-likeness (QED) is 0.239. The maximum atomic E-state index is 12.4. The summed E-state index contributed by atoms with van der Waals surface area (Å²) >= 11 is 6.00. The van der Waals surface area contributed by atoms with Gasteiger partial charge in [-0.25, -0.2) is 9.78 Å². The highest BCUT2D eigenvalue weighted by atomic mass is 35.5. The van der Waals surface area contributed by atoms with Gasteiger partial charge in [-0.15, -0.1) is 29.9 Å². The van der Waals surface area contributed by atoms with E-state index in [9.17, 15) is 4.79 Å². The number of imidazole rings is 1. The summed E-state index contributed by atoms with van der Waals surface area (Å²) in [6, 6.07) is 8.21. The molecule has 2 aliphatic carbocycles. The number of hydrogen-bond acceptors (Lipinski definition) is 9. The highest BCUT2D eigenvalue weighted by molar-refractivity contribution is 6.30. The molecule has 5 N–H and O–H groups in total. The van der Waals surface area contributed by atoms with Gasteiger partial charge in [0.15, 0.2) is 17.0 Å². The van der Waals surface area contributed by atoms with Crippen molar-refractivity contribution in [3.63, 3.8) is 0 Å². The third kappa shape index (κ3) is 7.87. The minimum Gasteiger partial charge on any atom is -0.365 e. The Morgan fingerprint density at radius 2 is 1.67 bits per heavy atom. The molecule has 42 heavy (non-hydrogen) atoms. The first-order valence-electron chi connectivity index (χ1n) is 14.5. The molecule has 0 radical (unpaired) electrons. The molecule has 1 saturated heterocycles. The Bertz CT molecular complexity index is 1320. The van der Waals surface area contributed by atoms with E-state index in [1.54, 1.807) is 29.3 Å². The first-order chi connectivity index (χ1) is 19.5. The van der Waals surface area contributed by atoms with Crippen molar-refractivity contribution in [1.29, 1.82) is 0 Å². The number of aromatic nitrogens is 4. The number of hydroxylamine groups is 2. The SMILES string of the molecule is Cl.Cl.NC1CCC(Nc2nc(NC3CCN(OC(=O)Nc4cccc(Cl)c4)CC3)c3ncn(C4CCCC4)c3n2)CC1. The Morgan fingerprint density at radius 1 is 0.952 bits per heavy atom. The van der Waals surface area contributed by atoms with Crippen LogP contribution < -0.4 is 21.7 Å². The van der Waals surface area contributed by atoms with E-state index < -0.39 is 6.09 Å². The normalized spacial score (nSPS) is 21.8. The summed E-state index contributed by atoms with van der Waals surface area (Å²) in [6.07, 6.45) is 11.9. The minimum atomic E-state index is -0.525. The van der Waals surface area contributed by atoms with Gasteiger partial charge in [-0.1, -0.05) is 30.5 Å². The lowest BCUT2D eigenvalue weighted by Crippen LogP contribution is -2.41. The molecule has 230 valence electrons. The van der Waals surface area contributed by atoms with Gasteiger partial charge < -0.3 is 25.8 Å². The van der Waals surface area contributed by atoms with Crippen LogP contribution in [0, 0.1) is 0 Å². The van der Waals surface area contributed by atoms with Gasteiger partial charge in [-0.3, -0.25) is 5.32 Å². The molecule has 3 aromatic rings. The number of benzene rings is 1. The Kier molecular flexibility index (Phi) is 11.4. The second-order valence-corrected chi connectivity index (χ2v) is 11.7. The van der Waals surface area contributed by atoms with Crippen molar-refractivity contribution in [2.24, 2.45) is 5.73 Å². The van der Waals surface area contributed by atoms with Crippen molar-refractivity contribution in [2.75, 3.05) is 29.0 Å². The van der Waals surface area contributed by atoms with Crippen LogP contribution in [0.4, 0.5) is 22.2 Å². The van der Waals surface area contributed by atoms with Crippen LogP contribution >= 0.6 is 36.4 Å². The highest BCUT2D eigenvalue weighted by Crippen LogP contribution is 2.34. The molecule has 14 heteroatoms. The fraction of sp³-hybridized carbons (Fsp3) is 0.571. The van der Waals surface area contributed by atoms with Crippen LogP contribution in [-0.2, 0) is 4.84 Å². The topological polar surface area (TPSA) is 135 Å². The number of carbonyl (C=O) groups excluding carboxylic acids is 1. The van der Waals surface area contributed by atoms with E-state index in [-0.39, 0.29) is 30.9 Å². The Morgan fingerprint density at radius 3 is 2.38 bits per heavy atom. The number of piperidine rings is 1. The molecule has 3 aliphatic rings. The average molecular weight is 641 g/mol. The molecule has 0 unspecified atom stereocenters. The number of hydrogen-bond donors (Lipinski definition) is 4. The number of halogens is 3. The molecule has 0 spiro atoms. The number of nitrogens with two attached hydrogens (primary N) is 1. The fourth-order valence-corrected chi connectivity index (χ4v) is 6.28. The van der Waals surface area contributed by atoms with E-state index in [0.29, 0.717) is 47.9 Å². The van der Waals surface area contributed by atoms with Crippen molar-refractivity contribution in [2.45, 2.75) is 88.4 Å². The Labute approximate surface area is 263 Å². The zero-order chi connectivity index (χ0) is 27.5. The largest absolute Gasteiger partial charge is 0.430 e. The molecular formula is C28H40Cl3N9O2.